The van der Waals surface area contributed by atoms with E-state index < -0.39 is 16.1 Å². The van der Waals surface area contributed by atoms with E-state index >= 15 is 0 Å². The summed E-state index contributed by atoms with van der Waals surface area (Å²) < 4.78 is 26.7. The molecule has 2 aromatic rings. The van der Waals surface area contributed by atoms with E-state index in [0.717, 1.165) is 10.6 Å². The Bertz CT molecular complexity index is 884. The van der Waals surface area contributed by atoms with E-state index in [1.807, 2.05) is 35.1 Å². The van der Waals surface area contributed by atoms with Crippen molar-refractivity contribution in [2.75, 3.05) is 0 Å². The van der Waals surface area contributed by atoms with Gasteiger partial charge in [0.1, 0.15) is 0 Å². The molecule has 8 heteroatoms. The first-order valence-corrected chi connectivity index (χ1v) is 9.02. The molecule has 2 amide bonds. The molecule has 124 valence electrons. The number of carbonyl (C=O) groups excluding carboxylic acids is 1. The third kappa shape index (κ3) is 3.42. The summed E-state index contributed by atoms with van der Waals surface area (Å²) in [5, 5.41) is 5.40. The number of nitrogens with zero attached hydrogens (tertiary/aromatic N) is 2. The summed E-state index contributed by atoms with van der Waals surface area (Å²) in [5.41, 5.74) is 0.880. The Morgan fingerprint density at radius 1 is 1.17 bits per heavy atom. The third-order valence-electron chi connectivity index (χ3n) is 3.55. The normalized spacial score (nSPS) is 17.0. The largest absolute Gasteiger partial charge is 0.352 e. The van der Waals surface area contributed by atoms with Crippen LogP contribution in [0, 0.1) is 0 Å². The molecular weight excluding hydrogens is 350 g/mol. The van der Waals surface area contributed by atoms with Crippen LogP contribution in [-0.4, -0.2) is 25.7 Å². The van der Waals surface area contributed by atoms with E-state index in [1.54, 1.807) is 12.3 Å². The quantitative estimate of drug-likeness (QED) is 0.909. The minimum Gasteiger partial charge on any atom is -0.245 e. The lowest BCUT2D eigenvalue weighted by Gasteiger charge is -2.22. The Morgan fingerprint density at radius 2 is 1.92 bits per heavy atom. The van der Waals surface area contributed by atoms with Crippen LogP contribution in [0.5, 0.6) is 0 Å². The van der Waals surface area contributed by atoms with E-state index in [1.165, 1.54) is 18.2 Å². The van der Waals surface area contributed by atoms with Gasteiger partial charge in [0.05, 0.1) is 10.9 Å². The van der Waals surface area contributed by atoms with Gasteiger partial charge < -0.3 is 0 Å². The number of amides is 2. The average molecular weight is 364 g/mol. The van der Waals surface area contributed by atoms with Crippen LogP contribution in [0.1, 0.15) is 18.0 Å². The van der Waals surface area contributed by atoms with Crippen LogP contribution in [-0.2, 0) is 10.0 Å². The number of hydrogen-bond donors (Lipinski definition) is 1. The van der Waals surface area contributed by atoms with Crippen molar-refractivity contribution in [2.45, 2.75) is 17.4 Å². The van der Waals surface area contributed by atoms with Gasteiger partial charge in [-0.2, -0.15) is 5.10 Å². The summed E-state index contributed by atoms with van der Waals surface area (Å²) in [6.45, 7) is 0. The molecular formula is C16H14ClN3O3S. The van der Waals surface area contributed by atoms with Crippen LogP contribution in [0.25, 0.3) is 0 Å². The Kier molecular flexibility index (Phi) is 4.55. The van der Waals surface area contributed by atoms with Gasteiger partial charge in [0.2, 0.25) is 0 Å². The summed E-state index contributed by atoms with van der Waals surface area (Å²) in [7, 11) is -4.02. The van der Waals surface area contributed by atoms with Crippen LogP contribution >= 0.6 is 11.6 Å². The molecule has 0 saturated heterocycles. The van der Waals surface area contributed by atoms with Gasteiger partial charge >= 0.3 is 6.03 Å². The SMILES string of the molecule is O=C(NS(=O)(=O)c1cccc(Cl)c1)N1N=CCC1c1ccccc1. The van der Waals surface area contributed by atoms with Gasteiger partial charge in [-0.05, 0) is 23.8 Å². The highest BCUT2D eigenvalue weighted by Crippen LogP contribution is 2.28. The first kappa shape index (κ1) is 16.5. The van der Waals surface area contributed by atoms with Gasteiger partial charge in [0, 0.05) is 17.7 Å². The maximum absolute atomic E-state index is 12.4. The second-order valence-corrected chi connectivity index (χ2v) is 7.29. The van der Waals surface area contributed by atoms with Gasteiger partial charge in [-0.15, -0.1) is 0 Å². The number of rotatable bonds is 3. The van der Waals surface area contributed by atoms with E-state index in [0.29, 0.717) is 6.42 Å². The smallest absolute Gasteiger partial charge is 0.245 e. The summed E-state index contributed by atoms with van der Waals surface area (Å²) in [6, 6.07) is 13.9. The lowest BCUT2D eigenvalue weighted by atomic mass is 10.1. The number of benzene rings is 2. The highest BCUT2D eigenvalue weighted by Gasteiger charge is 2.31. The van der Waals surface area contributed by atoms with Crippen molar-refractivity contribution in [3.8, 4) is 0 Å². The molecule has 24 heavy (non-hydrogen) atoms. The molecule has 0 saturated carbocycles. The second kappa shape index (κ2) is 6.62. The minimum atomic E-state index is -4.02. The van der Waals surface area contributed by atoms with Crippen molar-refractivity contribution in [1.29, 1.82) is 0 Å². The summed E-state index contributed by atoms with van der Waals surface area (Å²) in [6.07, 6.45) is 2.11. The Hall–Kier alpha value is -2.38. The van der Waals surface area contributed by atoms with Crippen molar-refractivity contribution in [3.05, 3.63) is 65.2 Å². The van der Waals surface area contributed by atoms with E-state index in [4.69, 9.17) is 11.6 Å². The zero-order valence-electron chi connectivity index (χ0n) is 12.5. The molecule has 0 spiro atoms. The number of urea groups is 1. The van der Waals surface area contributed by atoms with E-state index in [9.17, 15) is 13.2 Å². The number of hydrogen-bond acceptors (Lipinski definition) is 4. The van der Waals surface area contributed by atoms with Crippen molar-refractivity contribution in [2.24, 2.45) is 5.10 Å². The number of sulfonamides is 1. The lowest BCUT2D eigenvalue weighted by molar-refractivity contribution is 0.192. The first-order valence-electron chi connectivity index (χ1n) is 7.16. The number of carbonyl (C=O) groups is 1. The number of nitrogens with one attached hydrogen (secondary N) is 1. The maximum Gasteiger partial charge on any atom is 0.352 e. The molecule has 6 nitrogen and oxygen atoms in total. The topological polar surface area (TPSA) is 78.8 Å². The standard InChI is InChI=1S/C16H14ClN3O3S/c17-13-7-4-8-14(11-13)24(22,23)19-16(21)20-15(9-10-18-20)12-5-2-1-3-6-12/h1-8,10-11,15H,9H2,(H,19,21). The Labute approximate surface area is 144 Å². The molecule has 0 aromatic heterocycles. The molecule has 1 aliphatic rings. The first-order chi connectivity index (χ1) is 11.5. The highest BCUT2D eigenvalue weighted by atomic mass is 35.5. The zero-order chi connectivity index (χ0) is 17.2. The molecule has 1 unspecified atom stereocenters. The number of halogens is 1. The van der Waals surface area contributed by atoms with Gasteiger partial charge in [0.15, 0.2) is 0 Å². The molecule has 0 aliphatic carbocycles. The number of hydrazone groups is 1. The molecule has 2 aromatic carbocycles. The Morgan fingerprint density at radius 3 is 2.62 bits per heavy atom. The molecule has 0 fully saturated rings. The van der Waals surface area contributed by atoms with Crippen molar-refractivity contribution in [1.82, 2.24) is 9.73 Å². The summed E-state index contributed by atoms with van der Waals surface area (Å²) >= 11 is 5.81. The van der Waals surface area contributed by atoms with E-state index in [2.05, 4.69) is 5.10 Å². The molecule has 1 heterocycles. The van der Waals surface area contributed by atoms with Crippen LogP contribution in [0.3, 0.4) is 0 Å². The Balaban J connectivity index is 1.80. The zero-order valence-corrected chi connectivity index (χ0v) is 14.0. The molecule has 0 radical (unpaired) electrons. The fourth-order valence-electron chi connectivity index (χ4n) is 2.42. The van der Waals surface area contributed by atoms with Crippen LogP contribution in [0.4, 0.5) is 4.79 Å². The molecule has 1 atom stereocenters. The second-order valence-electron chi connectivity index (χ2n) is 5.17. The van der Waals surface area contributed by atoms with Crippen LogP contribution < -0.4 is 4.72 Å². The van der Waals surface area contributed by atoms with Gasteiger partial charge in [0.25, 0.3) is 10.0 Å². The van der Waals surface area contributed by atoms with Gasteiger partial charge in [-0.25, -0.2) is 22.9 Å². The van der Waals surface area contributed by atoms with Gasteiger partial charge in [-0.3, -0.25) is 0 Å². The van der Waals surface area contributed by atoms with E-state index in [-0.39, 0.29) is 16.0 Å². The molecule has 1 N–H and O–H groups in total. The van der Waals surface area contributed by atoms with Crippen molar-refractivity contribution >= 4 is 33.9 Å². The predicted molar refractivity (Wildman–Crippen MR) is 91.3 cm³/mol. The fourth-order valence-corrected chi connectivity index (χ4v) is 3.65. The van der Waals surface area contributed by atoms with Crippen LogP contribution in [0.2, 0.25) is 5.02 Å². The lowest BCUT2D eigenvalue weighted by Crippen LogP contribution is -2.40. The molecule has 1 aliphatic heterocycles. The summed E-state index contributed by atoms with van der Waals surface area (Å²) in [4.78, 5) is 12.3. The molecule has 0 bridgehead atoms. The predicted octanol–water partition coefficient (Wildman–Crippen LogP) is 3.17. The monoisotopic (exact) mass is 363 g/mol. The van der Waals surface area contributed by atoms with Crippen LogP contribution in [0.15, 0.2) is 64.6 Å². The minimum absolute atomic E-state index is 0.0808. The third-order valence-corrected chi connectivity index (χ3v) is 5.10. The summed E-state index contributed by atoms with van der Waals surface area (Å²) in [5.74, 6) is 0. The highest BCUT2D eigenvalue weighted by molar-refractivity contribution is 7.90. The average Bonchev–Trinajstić information content (AvgIpc) is 3.05. The fraction of sp³-hybridized carbons (Fsp3) is 0.125. The molecule has 3 rings (SSSR count). The maximum atomic E-state index is 12.4. The van der Waals surface area contributed by atoms with Crippen molar-refractivity contribution in [3.63, 3.8) is 0 Å². The van der Waals surface area contributed by atoms with Crippen molar-refractivity contribution < 1.29 is 13.2 Å². The van der Waals surface area contributed by atoms with Gasteiger partial charge in [-0.1, -0.05) is 48.0 Å².